The van der Waals surface area contributed by atoms with E-state index in [1.54, 1.807) is 0 Å². The molecule has 1 aliphatic carbocycles. The average molecular weight is 223 g/mol. The molecule has 0 radical (unpaired) electrons. The largest absolute Gasteiger partial charge is 0.384 e. The summed E-state index contributed by atoms with van der Waals surface area (Å²) in [5.41, 5.74) is 2.84. The second-order valence-electron chi connectivity index (χ2n) is 4.73. The Hall–Kier alpha value is -1.76. The Kier molecular flexibility index (Phi) is 2.83. The Bertz CT molecular complexity index is 468. The van der Waals surface area contributed by atoms with Crippen molar-refractivity contribution in [2.45, 2.75) is 18.9 Å². The predicted molar refractivity (Wildman–Crippen MR) is 71.4 cm³/mol. The summed E-state index contributed by atoms with van der Waals surface area (Å²) in [4.78, 5) is 0. The summed E-state index contributed by atoms with van der Waals surface area (Å²) >= 11 is 0. The standard InChI is InChI=1S/C16H17N/c1-2-7-14(8-3-1)16-12-15-9-5-4-6-13(15)10-11-17-16/h1-8,10-11,15-17H,9,12H2. The van der Waals surface area contributed by atoms with E-state index in [0.29, 0.717) is 12.0 Å². The first-order valence-corrected chi connectivity index (χ1v) is 6.28. The Balaban J connectivity index is 1.84. The van der Waals surface area contributed by atoms with Gasteiger partial charge in [-0.15, -0.1) is 0 Å². The van der Waals surface area contributed by atoms with Gasteiger partial charge in [0.1, 0.15) is 0 Å². The van der Waals surface area contributed by atoms with E-state index in [9.17, 15) is 0 Å². The number of hydrogen-bond donors (Lipinski definition) is 1. The van der Waals surface area contributed by atoms with Crippen LogP contribution in [0.3, 0.4) is 0 Å². The normalized spacial score (nSPS) is 26.7. The molecule has 2 unspecified atom stereocenters. The van der Waals surface area contributed by atoms with Gasteiger partial charge >= 0.3 is 0 Å². The molecule has 2 aliphatic rings. The van der Waals surface area contributed by atoms with E-state index in [0.717, 1.165) is 0 Å². The molecule has 0 amide bonds. The minimum absolute atomic E-state index is 0.440. The van der Waals surface area contributed by atoms with E-state index < -0.39 is 0 Å². The Morgan fingerprint density at radius 2 is 2.00 bits per heavy atom. The lowest BCUT2D eigenvalue weighted by molar-refractivity contribution is 0.475. The molecule has 0 bridgehead atoms. The van der Waals surface area contributed by atoms with Crippen molar-refractivity contribution in [1.29, 1.82) is 0 Å². The van der Waals surface area contributed by atoms with Crippen LogP contribution >= 0.6 is 0 Å². The lowest BCUT2D eigenvalue weighted by Crippen LogP contribution is -2.17. The molecule has 1 aromatic carbocycles. The van der Waals surface area contributed by atoms with Crippen LogP contribution in [0.15, 0.2) is 66.4 Å². The van der Waals surface area contributed by atoms with Crippen LogP contribution in [0.4, 0.5) is 0 Å². The molecule has 0 spiro atoms. The number of rotatable bonds is 1. The average Bonchev–Trinajstić information content (AvgIpc) is 2.62. The van der Waals surface area contributed by atoms with Crippen molar-refractivity contribution in [3.05, 3.63) is 72.0 Å². The molecule has 1 heterocycles. The van der Waals surface area contributed by atoms with Crippen LogP contribution in [0, 0.1) is 5.92 Å². The van der Waals surface area contributed by atoms with Crippen LogP contribution in [0.25, 0.3) is 0 Å². The van der Waals surface area contributed by atoms with E-state index in [1.807, 2.05) is 0 Å². The molecule has 3 rings (SSSR count). The van der Waals surface area contributed by atoms with Crippen molar-refractivity contribution in [2.24, 2.45) is 5.92 Å². The number of allylic oxidation sites excluding steroid dienone is 5. The molecule has 1 heteroatoms. The quantitative estimate of drug-likeness (QED) is 0.764. The third kappa shape index (κ3) is 2.19. The van der Waals surface area contributed by atoms with E-state index in [4.69, 9.17) is 0 Å². The summed E-state index contributed by atoms with van der Waals surface area (Å²) in [6.45, 7) is 0. The second kappa shape index (κ2) is 4.62. The number of fused-ring (bicyclic) bond motifs is 1. The van der Waals surface area contributed by atoms with E-state index in [-0.39, 0.29) is 0 Å². The molecular formula is C16H17N. The maximum absolute atomic E-state index is 3.51. The topological polar surface area (TPSA) is 12.0 Å². The van der Waals surface area contributed by atoms with Crippen LogP contribution in [0.5, 0.6) is 0 Å². The Morgan fingerprint density at radius 1 is 1.12 bits per heavy atom. The summed E-state index contributed by atoms with van der Waals surface area (Å²) < 4.78 is 0. The monoisotopic (exact) mass is 223 g/mol. The number of benzene rings is 1. The third-order valence-corrected chi connectivity index (χ3v) is 3.61. The second-order valence-corrected chi connectivity index (χ2v) is 4.73. The fourth-order valence-corrected chi connectivity index (χ4v) is 2.65. The zero-order chi connectivity index (χ0) is 11.5. The SMILES string of the molecule is C1=CCC2CC(c3ccccc3)NC=CC2=C1. The van der Waals surface area contributed by atoms with Crippen molar-refractivity contribution in [1.82, 2.24) is 5.32 Å². The van der Waals surface area contributed by atoms with Gasteiger partial charge < -0.3 is 5.32 Å². The molecule has 0 fully saturated rings. The maximum Gasteiger partial charge on any atom is 0.0514 e. The molecule has 86 valence electrons. The molecule has 1 nitrogen and oxygen atoms in total. The van der Waals surface area contributed by atoms with Crippen LogP contribution in [-0.4, -0.2) is 0 Å². The first-order chi connectivity index (χ1) is 8.43. The highest BCUT2D eigenvalue weighted by atomic mass is 14.9. The summed E-state index contributed by atoms with van der Waals surface area (Å²) in [6, 6.07) is 11.2. The molecule has 0 saturated carbocycles. The van der Waals surface area contributed by atoms with Gasteiger partial charge in [0.25, 0.3) is 0 Å². The van der Waals surface area contributed by atoms with Crippen molar-refractivity contribution in [3.63, 3.8) is 0 Å². The highest BCUT2D eigenvalue weighted by molar-refractivity contribution is 5.33. The Labute approximate surface area is 103 Å². The third-order valence-electron chi connectivity index (χ3n) is 3.61. The zero-order valence-electron chi connectivity index (χ0n) is 9.84. The van der Waals surface area contributed by atoms with Gasteiger partial charge in [-0.05, 0) is 42.2 Å². The molecule has 1 aromatic rings. The summed E-state index contributed by atoms with van der Waals surface area (Å²) in [5.74, 6) is 0.663. The smallest absolute Gasteiger partial charge is 0.0514 e. The fraction of sp³-hybridized carbons (Fsp3) is 0.250. The summed E-state index contributed by atoms with van der Waals surface area (Å²) in [7, 11) is 0. The van der Waals surface area contributed by atoms with Crippen molar-refractivity contribution in [2.75, 3.05) is 0 Å². The van der Waals surface area contributed by atoms with Gasteiger partial charge in [0.05, 0.1) is 6.04 Å². The van der Waals surface area contributed by atoms with Crippen LogP contribution in [0.2, 0.25) is 0 Å². The van der Waals surface area contributed by atoms with Gasteiger partial charge in [-0.2, -0.15) is 0 Å². The van der Waals surface area contributed by atoms with Crippen molar-refractivity contribution < 1.29 is 0 Å². The minimum Gasteiger partial charge on any atom is -0.384 e. The van der Waals surface area contributed by atoms with Gasteiger partial charge in [0.15, 0.2) is 0 Å². The first kappa shape index (κ1) is 10.4. The zero-order valence-corrected chi connectivity index (χ0v) is 9.84. The number of nitrogens with one attached hydrogen (secondary N) is 1. The lowest BCUT2D eigenvalue weighted by atomic mass is 9.85. The number of hydrogen-bond acceptors (Lipinski definition) is 1. The maximum atomic E-state index is 3.51. The molecule has 0 aromatic heterocycles. The highest BCUT2D eigenvalue weighted by Crippen LogP contribution is 2.33. The summed E-state index contributed by atoms with van der Waals surface area (Å²) in [5, 5.41) is 3.51. The minimum atomic E-state index is 0.440. The highest BCUT2D eigenvalue weighted by Gasteiger charge is 2.21. The van der Waals surface area contributed by atoms with E-state index in [2.05, 4.69) is 66.2 Å². The van der Waals surface area contributed by atoms with Crippen LogP contribution in [0.1, 0.15) is 24.4 Å². The lowest BCUT2D eigenvalue weighted by Gasteiger charge is -2.23. The van der Waals surface area contributed by atoms with Gasteiger partial charge in [0.2, 0.25) is 0 Å². The molecular weight excluding hydrogens is 206 g/mol. The van der Waals surface area contributed by atoms with Gasteiger partial charge in [0, 0.05) is 0 Å². The molecule has 17 heavy (non-hydrogen) atoms. The molecule has 1 aliphatic heterocycles. The van der Waals surface area contributed by atoms with Crippen LogP contribution < -0.4 is 5.32 Å². The summed E-state index contributed by atoms with van der Waals surface area (Å²) in [6.07, 6.45) is 13.3. The first-order valence-electron chi connectivity index (χ1n) is 6.28. The fourth-order valence-electron chi connectivity index (χ4n) is 2.65. The molecule has 0 saturated heterocycles. The van der Waals surface area contributed by atoms with E-state index >= 15 is 0 Å². The van der Waals surface area contributed by atoms with Gasteiger partial charge in [-0.25, -0.2) is 0 Å². The van der Waals surface area contributed by atoms with Crippen LogP contribution in [-0.2, 0) is 0 Å². The predicted octanol–water partition coefficient (Wildman–Crippen LogP) is 3.74. The molecule has 2 atom stereocenters. The van der Waals surface area contributed by atoms with Gasteiger partial charge in [-0.3, -0.25) is 0 Å². The molecule has 1 N–H and O–H groups in total. The van der Waals surface area contributed by atoms with E-state index in [1.165, 1.54) is 24.0 Å². The van der Waals surface area contributed by atoms with Gasteiger partial charge in [-0.1, -0.05) is 48.6 Å². The van der Waals surface area contributed by atoms with Crippen molar-refractivity contribution in [3.8, 4) is 0 Å². The Morgan fingerprint density at radius 3 is 2.88 bits per heavy atom. The van der Waals surface area contributed by atoms with Crippen molar-refractivity contribution >= 4 is 0 Å².